The van der Waals surface area contributed by atoms with Crippen LogP contribution in [0.3, 0.4) is 0 Å². The predicted octanol–water partition coefficient (Wildman–Crippen LogP) is 0.564. The van der Waals surface area contributed by atoms with Gasteiger partial charge in [0.15, 0.2) is 0 Å². The molecule has 2 unspecified atom stereocenters. The zero-order valence-corrected chi connectivity index (χ0v) is 5.02. The lowest BCUT2D eigenvalue weighted by Gasteiger charge is -1.94. The lowest BCUT2D eigenvalue weighted by Crippen LogP contribution is -2.08. The Labute approximate surface area is 48.8 Å². The van der Waals surface area contributed by atoms with Gasteiger partial charge in [-0.25, -0.2) is 0 Å². The van der Waals surface area contributed by atoms with E-state index in [1.165, 1.54) is 0 Å². The molecular formula is C6H10O2. The highest BCUT2D eigenvalue weighted by molar-refractivity contribution is 4.97. The van der Waals surface area contributed by atoms with E-state index in [0.29, 0.717) is 6.10 Å². The summed E-state index contributed by atoms with van der Waals surface area (Å²) in [7, 11) is 0. The molecule has 46 valence electrons. The molecule has 0 amide bonds. The average Bonchev–Trinajstić information content (AvgIpc) is 2.34. The topological polar surface area (TPSA) is 21.8 Å². The van der Waals surface area contributed by atoms with Gasteiger partial charge in [-0.05, 0) is 6.92 Å². The van der Waals surface area contributed by atoms with Gasteiger partial charge in [0.1, 0.15) is 5.60 Å². The molecule has 0 radical (unpaired) electrons. The first-order chi connectivity index (χ1) is 3.81. The molecule has 0 saturated carbocycles. The van der Waals surface area contributed by atoms with E-state index in [9.17, 15) is 0 Å². The summed E-state index contributed by atoms with van der Waals surface area (Å²) in [6.07, 6.45) is 1.53. The Balaban J connectivity index is 2.03. The zero-order chi connectivity index (χ0) is 5.61. The van der Waals surface area contributed by atoms with Gasteiger partial charge in [0.2, 0.25) is 0 Å². The van der Waals surface area contributed by atoms with E-state index in [-0.39, 0.29) is 5.60 Å². The van der Waals surface area contributed by atoms with Crippen LogP contribution >= 0.6 is 0 Å². The molecule has 2 saturated heterocycles. The van der Waals surface area contributed by atoms with E-state index in [1.54, 1.807) is 0 Å². The lowest BCUT2D eigenvalue weighted by molar-refractivity contribution is 0.115. The van der Waals surface area contributed by atoms with E-state index in [0.717, 1.165) is 19.6 Å². The smallest absolute Gasteiger partial charge is 0.117 e. The van der Waals surface area contributed by atoms with E-state index in [2.05, 4.69) is 6.92 Å². The van der Waals surface area contributed by atoms with Crippen molar-refractivity contribution in [2.75, 3.05) is 13.2 Å². The Morgan fingerprint density at radius 1 is 1.50 bits per heavy atom. The van der Waals surface area contributed by atoms with E-state index < -0.39 is 0 Å². The maximum absolute atomic E-state index is 5.31. The van der Waals surface area contributed by atoms with Crippen LogP contribution in [0.4, 0.5) is 0 Å². The van der Waals surface area contributed by atoms with Crippen molar-refractivity contribution in [1.82, 2.24) is 0 Å². The normalized spacial score (nSPS) is 52.9. The van der Waals surface area contributed by atoms with Crippen LogP contribution < -0.4 is 0 Å². The second-order valence-electron chi connectivity index (χ2n) is 2.80. The van der Waals surface area contributed by atoms with Crippen LogP contribution in [-0.4, -0.2) is 24.9 Å². The number of ether oxygens (including phenoxy) is 2. The van der Waals surface area contributed by atoms with Crippen molar-refractivity contribution in [1.29, 1.82) is 0 Å². The van der Waals surface area contributed by atoms with Gasteiger partial charge in [-0.1, -0.05) is 0 Å². The highest BCUT2D eigenvalue weighted by Gasteiger charge is 2.50. The monoisotopic (exact) mass is 114 g/mol. The summed E-state index contributed by atoms with van der Waals surface area (Å²) in [4.78, 5) is 0. The third-order valence-corrected chi connectivity index (χ3v) is 1.84. The lowest BCUT2D eigenvalue weighted by atomic mass is 10.1. The Morgan fingerprint density at radius 3 is 2.50 bits per heavy atom. The minimum absolute atomic E-state index is 0.194. The van der Waals surface area contributed by atoms with Crippen LogP contribution in [0.5, 0.6) is 0 Å². The maximum Gasteiger partial charge on any atom is 0.117 e. The Hall–Kier alpha value is -0.0800. The molecule has 2 heterocycles. The summed E-state index contributed by atoms with van der Waals surface area (Å²) in [6.45, 7) is 3.85. The largest absolute Gasteiger partial charge is 0.375 e. The van der Waals surface area contributed by atoms with Crippen LogP contribution in [0.2, 0.25) is 0 Å². The highest BCUT2D eigenvalue weighted by atomic mass is 16.6. The molecular weight excluding hydrogens is 104 g/mol. The van der Waals surface area contributed by atoms with Gasteiger partial charge in [-0.3, -0.25) is 0 Å². The predicted molar refractivity (Wildman–Crippen MR) is 28.7 cm³/mol. The second-order valence-corrected chi connectivity index (χ2v) is 2.80. The van der Waals surface area contributed by atoms with Crippen LogP contribution in [0.15, 0.2) is 0 Å². The quantitative estimate of drug-likeness (QED) is 0.429. The summed E-state index contributed by atoms with van der Waals surface area (Å²) in [6, 6.07) is 0. The molecule has 0 aromatic carbocycles. The minimum Gasteiger partial charge on any atom is -0.375 e. The summed E-state index contributed by atoms with van der Waals surface area (Å²) >= 11 is 0. The van der Waals surface area contributed by atoms with Crippen molar-refractivity contribution in [3.63, 3.8) is 0 Å². The number of hydrogen-bond donors (Lipinski definition) is 0. The second kappa shape index (κ2) is 1.25. The molecule has 0 N–H and O–H groups in total. The summed E-state index contributed by atoms with van der Waals surface area (Å²) in [5, 5.41) is 0. The molecule has 0 aromatic heterocycles. The Bertz CT molecular complexity index is 107. The molecule has 2 aliphatic rings. The van der Waals surface area contributed by atoms with E-state index in [4.69, 9.17) is 9.47 Å². The first kappa shape index (κ1) is 4.77. The van der Waals surface area contributed by atoms with Crippen LogP contribution in [0.25, 0.3) is 0 Å². The minimum atomic E-state index is 0.194. The maximum atomic E-state index is 5.31. The van der Waals surface area contributed by atoms with Gasteiger partial charge in [0, 0.05) is 6.42 Å². The molecule has 2 atom stereocenters. The summed E-state index contributed by atoms with van der Waals surface area (Å²) in [5.41, 5.74) is 0.194. The molecule has 0 bridgehead atoms. The highest BCUT2D eigenvalue weighted by Crippen LogP contribution is 2.38. The van der Waals surface area contributed by atoms with Gasteiger partial charge in [-0.15, -0.1) is 0 Å². The molecule has 2 heteroatoms. The number of hydrogen-bond acceptors (Lipinski definition) is 2. The average molecular weight is 114 g/mol. The van der Waals surface area contributed by atoms with Gasteiger partial charge >= 0.3 is 0 Å². The number of epoxide rings is 1. The van der Waals surface area contributed by atoms with Gasteiger partial charge in [0.25, 0.3) is 0 Å². The molecule has 0 aromatic rings. The van der Waals surface area contributed by atoms with Crippen molar-refractivity contribution in [3.8, 4) is 0 Å². The van der Waals surface area contributed by atoms with Gasteiger partial charge in [0.05, 0.1) is 19.3 Å². The molecule has 0 aliphatic carbocycles. The van der Waals surface area contributed by atoms with E-state index in [1.807, 2.05) is 0 Å². The number of rotatable bonds is 0. The summed E-state index contributed by atoms with van der Waals surface area (Å²) < 4.78 is 10.5. The van der Waals surface area contributed by atoms with Crippen LogP contribution in [0.1, 0.15) is 13.3 Å². The molecule has 8 heavy (non-hydrogen) atoms. The molecule has 2 rings (SSSR count). The third-order valence-electron chi connectivity index (χ3n) is 1.84. The fourth-order valence-electron chi connectivity index (χ4n) is 1.24. The van der Waals surface area contributed by atoms with Crippen molar-refractivity contribution in [2.45, 2.75) is 25.0 Å². The van der Waals surface area contributed by atoms with Crippen LogP contribution in [-0.2, 0) is 9.47 Å². The fourth-order valence-corrected chi connectivity index (χ4v) is 1.24. The Morgan fingerprint density at radius 2 is 2.25 bits per heavy atom. The third kappa shape index (κ3) is 0.565. The fraction of sp³-hybridized carbons (Fsp3) is 1.00. The molecule has 2 fully saturated rings. The van der Waals surface area contributed by atoms with Crippen molar-refractivity contribution >= 4 is 0 Å². The van der Waals surface area contributed by atoms with Gasteiger partial charge in [-0.2, -0.15) is 0 Å². The summed E-state index contributed by atoms with van der Waals surface area (Å²) in [5.74, 6) is 0. The Kier molecular flexibility index (Phi) is 0.746. The molecule has 2 aliphatic heterocycles. The van der Waals surface area contributed by atoms with E-state index >= 15 is 0 Å². The van der Waals surface area contributed by atoms with Crippen molar-refractivity contribution < 1.29 is 9.47 Å². The SMILES string of the molecule is CC1CC2(CO1)CO2. The van der Waals surface area contributed by atoms with Crippen molar-refractivity contribution in [2.24, 2.45) is 0 Å². The van der Waals surface area contributed by atoms with Crippen LogP contribution in [0, 0.1) is 0 Å². The first-order valence-corrected chi connectivity index (χ1v) is 3.06. The molecule has 1 spiro atoms. The van der Waals surface area contributed by atoms with Crippen molar-refractivity contribution in [3.05, 3.63) is 0 Å². The first-order valence-electron chi connectivity index (χ1n) is 3.06. The zero-order valence-electron chi connectivity index (χ0n) is 5.02. The van der Waals surface area contributed by atoms with Gasteiger partial charge < -0.3 is 9.47 Å². The molecule has 2 nitrogen and oxygen atoms in total. The standard InChI is InChI=1S/C6H10O2/c1-5-2-6(3-7-5)4-8-6/h5H,2-4H2,1H3.